The lowest BCUT2D eigenvalue weighted by atomic mass is 10.1. The van der Waals surface area contributed by atoms with Gasteiger partial charge in [0.25, 0.3) is 0 Å². The van der Waals surface area contributed by atoms with E-state index in [9.17, 15) is 13.2 Å². The van der Waals surface area contributed by atoms with E-state index in [-0.39, 0.29) is 16.8 Å². The van der Waals surface area contributed by atoms with Crippen LogP contribution in [0.25, 0.3) is 10.2 Å². The Morgan fingerprint density at radius 1 is 1.18 bits per heavy atom. The van der Waals surface area contributed by atoms with Crippen molar-refractivity contribution >= 4 is 44.7 Å². The number of nitrogens with zero attached hydrogens (tertiary/aromatic N) is 2. The topological polar surface area (TPSA) is 37.8 Å². The second-order valence-electron chi connectivity index (χ2n) is 4.59. The van der Waals surface area contributed by atoms with E-state index in [0.717, 1.165) is 10.9 Å². The monoisotopic (exact) mass is 343 g/mol. The van der Waals surface area contributed by atoms with Crippen LogP contribution in [0.1, 0.15) is 10.4 Å². The van der Waals surface area contributed by atoms with E-state index in [2.05, 4.69) is 15.3 Å². The Hall–Kier alpha value is -1.86. The van der Waals surface area contributed by atoms with Crippen LogP contribution in [-0.4, -0.2) is 9.97 Å². The van der Waals surface area contributed by atoms with Crippen LogP contribution in [0, 0.1) is 6.92 Å². The molecule has 2 aromatic heterocycles. The molecular formula is C14H9ClF3N3S. The van der Waals surface area contributed by atoms with Gasteiger partial charge in [0.1, 0.15) is 10.6 Å². The van der Waals surface area contributed by atoms with E-state index >= 15 is 0 Å². The predicted octanol–water partition coefficient (Wildman–Crippen LogP) is 5.42. The molecule has 0 spiro atoms. The van der Waals surface area contributed by atoms with Crippen molar-refractivity contribution in [2.75, 3.05) is 5.32 Å². The number of nitrogens with one attached hydrogen (secondary N) is 1. The number of halogens is 4. The SMILES string of the molecule is Cc1cc2c(Nc3ccccc3C(F)(F)F)nc(Cl)nc2s1. The molecule has 3 rings (SSSR count). The lowest BCUT2D eigenvalue weighted by molar-refractivity contribution is -0.136. The average Bonchev–Trinajstić information content (AvgIpc) is 2.78. The highest BCUT2D eigenvalue weighted by Crippen LogP contribution is 2.37. The number of anilines is 2. The average molecular weight is 344 g/mol. The molecule has 0 bridgehead atoms. The van der Waals surface area contributed by atoms with E-state index in [4.69, 9.17) is 11.6 Å². The quantitative estimate of drug-likeness (QED) is 0.632. The lowest BCUT2D eigenvalue weighted by Crippen LogP contribution is -2.09. The molecule has 3 aromatic rings. The third kappa shape index (κ3) is 2.86. The summed E-state index contributed by atoms with van der Waals surface area (Å²) in [5.74, 6) is 0.260. The molecule has 0 amide bonds. The molecule has 0 unspecified atom stereocenters. The molecule has 0 saturated heterocycles. The van der Waals surface area contributed by atoms with Crippen LogP contribution in [0.3, 0.4) is 0 Å². The van der Waals surface area contributed by atoms with Crippen molar-refractivity contribution in [2.45, 2.75) is 13.1 Å². The summed E-state index contributed by atoms with van der Waals surface area (Å²) in [5, 5.41) is 3.36. The van der Waals surface area contributed by atoms with Gasteiger partial charge in [-0.2, -0.15) is 18.2 Å². The van der Waals surface area contributed by atoms with Crippen molar-refractivity contribution in [3.8, 4) is 0 Å². The zero-order chi connectivity index (χ0) is 15.9. The molecule has 114 valence electrons. The summed E-state index contributed by atoms with van der Waals surface area (Å²) in [6.45, 7) is 1.88. The minimum Gasteiger partial charge on any atom is -0.339 e. The maximum absolute atomic E-state index is 13.1. The number of hydrogen-bond donors (Lipinski definition) is 1. The Morgan fingerprint density at radius 2 is 1.91 bits per heavy atom. The summed E-state index contributed by atoms with van der Waals surface area (Å²) < 4.78 is 39.2. The highest BCUT2D eigenvalue weighted by Gasteiger charge is 2.33. The van der Waals surface area contributed by atoms with E-state index in [1.807, 2.05) is 13.0 Å². The zero-order valence-electron chi connectivity index (χ0n) is 11.2. The van der Waals surface area contributed by atoms with Crippen LogP contribution in [-0.2, 0) is 6.18 Å². The molecule has 8 heteroatoms. The van der Waals surface area contributed by atoms with Crippen LogP contribution in [0.5, 0.6) is 0 Å². The summed E-state index contributed by atoms with van der Waals surface area (Å²) in [5.41, 5.74) is -0.834. The second-order valence-corrected chi connectivity index (χ2v) is 6.16. The molecule has 0 saturated carbocycles. The maximum Gasteiger partial charge on any atom is 0.418 e. The number of para-hydroxylation sites is 1. The highest BCUT2D eigenvalue weighted by molar-refractivity contribution is 7.18. The van der Waals surface area contributed by atoms with Crippen LogP contribution in [0.15, 0.2) is 30.3 Å². The molecule has 1 N–H and O–H groups in total. The van der Waals surface area contributed by atoms with Crippen LogP contribution in [0.2, 0.25) is 5.28 Å². The Bertz CT molecular complexity index is 845. The summed E-state index contributed by atoms with van der Waals surface area (Å²) >= 11 is 7.25. The first-order valence-electron chi connectivity index (χ1n) is 6.21. The van der Waals surface area contributed by atoms with Crippen LogP contribution in [0.4, 0.5) is 24.7 Å². The van der Waals surface area contributed by atoms with Crippen molar-refractivity contribution < 1.29 is 13.2 Å². The van der Waals surface area contributed by atoms with Gasteiger partial charge >= 0.3 is 6.18 Å². The predicted molar refractivity (Wildman–Crippen MR) is 81.9 cm³/mol. The standard InChI is InChI=1S/C14H9ClF3N3S/c1-7-6-8-11(20-13(15)21-12(8)22-7)19-10-5-3-2-4-9(10)14(16,17)18/h2-6H,1H3,(H,19,20,21). The van der Waals surface area contributed by atoms with Crippen LogP contribution >= 0.6 is 22.9 Å². The number of benzene rings is 1. The molecule has 0 atom stereocenters. The molecule has 0 radical (unpaired) electrons. The van der Waals surface area contributed by atoms with E-state index in [1.54, 1.807) is 0 Å². The van der Waals surface area contributed by atoms with Gasteiger partial charge in [-0.05, 0) is 36.7 Å². The Kier molecular flexibility index (Phi) is 3.70. The van der Waals surface area contributed by atoms with Crippen molar-refractivity contribution in [1.82, 2.24) is 9.97 Å². The minimum atomic E-state index is -4.45. The fourth-order valence-electron chi connectivity index (χ4n) is 2.08. The Balaban J connectivity index is 2.11. The molecule has 0 aliphatic heterocycles. The maximum atomic E-state index is 13.1. The Morgan fingerprint density at radius 3 is 2.64 bits per heavy atom. The van der Waals surface area contributed by atoms with Gasteiger partial charge in [-0.3, -0.25) is 0 Å². The largest absolute Gasteiger partial charge is 0.418 e. The number of fused-ring (bicyclic) bond motifs is 1. The number of aromatic nitrogens is 2. The minimum absolute atomic E-state index is 0.0126. The van der Waals surface area contributed by atoms with Gasteiger partial charge in [-0.1, -0.05) is 12.1 Å². The van der Waals surface area contributed by atoms with Crippen molar-refractivity contribution in [3.05, 3.63) is 46.1 Å². The molecule has 22 heavy (non-hydrogen) atoms. The van der Waals surface area contributed by atoms with Crippen molar-refractivity contribution in [3.63, 3.8) is 0 Å². The fraction of sp³-hybridized carbons (Fsp3) is 0.143. The highest BCUT2D eigenvalue weighted by atomic mass is 35.5. The number of thiophene rings is 1. The normalized spacial score (nSPS) is 11.9. The van der Waals surface area contributed by atoms with Crippen LogP contribution < -0.4 is 5.32 Å². The second kappa shape index (κ2) is 5.40. The summed E-state index contributed by atoms with van der Waals surface area (Å²) in [6, 6.07) is 7.04. The third-order valence-corrected chi connectivity index (χ3v) is 4.09. The summed E-state index contributed by atoms with van der Waals surface area (Å²) in [4.78, 5) is 9.70. The van der Waals surface area contributed by atoms with Crippen molar-refractivity contribution in [2.24, 2.45) is 0 Å². The zero-order valence-corrected chi connectivity index (χ0v) is 12.8. The third-order valence-electron chi connectivity index (χ3n) is 2.97. The first-order chi connectivity index (χ1) is 10.3. The number of hydrogen-bond acceptors (Lipinski definition) is 4. The molecule has 2 heterocycles. The summed E-state index contributed by atoms with van der Waals surface area (Å²) in [6.07, 6.45) is -4.45. The number of alkyl halides is 3. The molecule has 3 nitrogen and oxygen atoms in total. The smallest absolute Gasteiger partial charge is 0.339 e. The van der Waals surface area contributed by atoms with Gasteiger partial charge in [0, 0.05) is 4.88 Å². The molecular weight excluding hydrogens is 335 g/mol. The molecule has 1 aromatic carbocycles. The Labute approximate surface area is 132 Å². The first-order valence-corrected chi connectivity index (χ1v) is 7.41. The fourth-order valence-corrected chi connectivity index (χ4v) is 3.18. The van der Waals surface area contributed by atoms with Gasteiger partial charge in [-0.25, -0.2) is 4.98 Å². The van der Waals surface area contributed by atoms with E-state index in [0.29, 0.717) is 10.2 Å². The van der Waals surface area contributed by atoms with Gasteiger partial charge in [0.15, 0.2) is 0 Å². The lowest BCUT2D eigenvalue weighted by Gasteiger charge is -2.14. The van der Waals surface area contributed by atoms with E-state index in [1.165, 1.54) is 29.5 Å². The van der Waals surface area contributed by atoms with Crippen molar-refractivity contribution in [1.29, 1.82) is 0 Å². The van der Waals surface area contributed by atoms with Gasteiger partial charge in [-0.15, -0.1) is 11.3 Å². The first kappa shape index (κ1) is 15.1. The van der Waals surface area contributed by atoms with Gasteiger partial charge in [0.05, 0.1) is 16.6 Å². The number of aryl methyl sites for hydroxylation is 1. The number of rotatable bonds is 2. The van der Waals surface area contributed by atoms with Gasteiger partial charge in [0.2, 0.25) is 5.28 Å². The van der Waals surface area contributed by atoms with Gasteiger partial charge < -0.3 is 5.32 Å². The molecule has 0 fully saturated rings. The van der Waals surface area contributed by atoms with E-state index < -0.39 is 11.7 Å². The summed E-state index contributed by atoms with van der Waals surface area (Å²) in [7, 11) is 0. The molecule has 0 aliphatic carbocycles. The molecule has 0 aliphatic rings.